The molecule has 2 aromatic heterocycles. The molecule has 1 fully saturated rings. The first-order valence-corrected chi connectivity index (χ1v) is 11.6. The molecule has 1 aliphatic heterocycles. The second-order valence-electron chi connectivity index (χ2n) is 8.06. The van der Waals surface area contributed by atoms with Gasteiger partial charge < -0.3 is 15.0 Å². The van der Waals surface area contributed by atoms with E-state index in [1.807, 2.05) is 19.1 Å². The fourth-order valence-electron chi connectivity index (χ4n) is 4.28. The smallest absolute Gasteiger partial charge is 0.255 e. The van der Waals surface area contributed by atoms with E-state index in [4.69, 9.17) is 4.74 Å². The molecular weight excluding hydrogens is 422 g/mol. The van der Waals surface area contributed by atoms with Gasteiger partial charge in [-0.1, -0.05) is 30.3 Å². The average molecular weight is 450 g/mol. The Morgan fingerprint density at radius 2 is 2.09 bits per heavy atom. The summed E-state index contributed by atoms with van der Waals surface area (Å²) in [4.78, 5) is 33.4. The highest BCUT2D eigenvalue weighted by Gasteiger charge is 2.46. The van der Waals surface area contributed by atoms with Gasteiger partial charge in [-0.15, -0.1) is 11.3 Å². The number of hydrogen-bond acceptors (Lipinski definition) is 5. The van der Waals surface area contributed by atoms with E-state index >= 15 is 0 Å². The third-order valence-electron chi connectivity index (χ3n) is 5.93. The number of carbonyl (C=O) groups is 2. The fraction of sp³-hybridized carbons (Fsp3) is 0.320. The predicted octanol–water partition coefficient (Wildman–Crippen LogP) is 4.03. The number of thiophene rings is 1. The number of nitrogens with zero attached hydrogens (tertiary/aromatic N) is 2. The Bertz CT molecular complexity index is 1080. The number of methoxy groups -OCH3 is 1. The van der Waals surface area contributed by atoms with Gasteiger partial charge in [0.25, 0.3) is 5.91 Å². The Kier molecular flexibility index (Phi) is 6.55. The summed E-state index contributed by atoms with van der Waals surface area (Å²) in [5.41, 5.74) is 2.10. The normalized spacial score (nSPS) is 17.9. The lowest BCUT2D eigenvalue weighted by Gasteiger charge is -2.28. The molecule has 4 rings (SSSR count). The number of hydrogen-bond donors (Lipinski definition) is 1. The molecule has 1 aliphatic rings. The highest BCUT2D eigenvalue weighted by molar-refractivity contribution is 7.13. The molecule has 1 aromatic carbocycles. The SMILES string of the molecule is CCNC(=O)[C@]1(Cc2cccc(-c3cccs3)c2)CCN(C(=O)c2ccc(OC)nc2)C1. The monoisotopic (exact) mass is 449 g/mol. The molecule has 0 bridgehead atoms. The largest absolute Gasteiger partial charge is 0.481 e. The van der Waals surface area contributed by atoms with Gasteiger partial charge in [0.15, 0.2) is 0 Å². The van der Waals surface area contributed by atoms with E-state index < -0.39 is 5.41 Å². The second kappa shape index (κ2) is 9.53. The lowest BCUT2D eigenvalue weighted by molar-refractivity contribution is -0.130. The molecule has 6 nitrogen and oxygen atoms in total. The van der Waals surface area contributed by atoms with Crippen LogP contribution in [0.3, 0.4) is 0 Å². The van der Waals surface area contributed by atoms with E-state index in [0.29, 0.717) is 43.9 Å². The summed E-state index contributed by atoms with van der Waals surface area (Å²) in [5, 5.41) is 5.06. The van der Waals surface area contributed by atoms with Crippen molar-refractivity contribution < 1.29 is 14.3 Å². The van der Waals surface area contributed by atoms with Gasteiger partial charge in [-0.25, -0.2) is 4.98 Å². The summed E-state index contributed by atoms with van der Waals surface area (Å²) in [5.74, 6) is 0.355. The van der Waals surface area contributed by atoms with Crippen molar-refractivity contribution in [3.8, 4) is 16.3 Å². The van der Waals surface area contributed by atoms with E-state index in [-0.39, 0.29) is 11.8 Å². The molecule has 0 spiro atoms. The van der Waals surface area contributed by atoms with Crippen molar-refractivity contribution in [2.24, 2.45) is 5.41 Å². The van der Waals surface area contributed by atoms with E-state index in [2.05, 4.69) is 39.9 Å². The third-order valence-corrected chi connectivity index (χ3v) is 6.85. The molecule has 166 valence electrons. The van der Waals surface area contributed by atoms with E-state index in [9.17, 15) is 9.59 Å². The van der Waals surface area contributed by atoms with Crippen LogP contribution in [0, 0.1) is 5.41 Å². The lowest BCUT2D eigenvalue weighted by atomic mass is 9.79. The van der Waals surface area contributed by atoms with Gasteiger partial charge in [0.2, 0.25) is 11.8 Å². The van der Waals surface area contributed by atoms with Gasteiger partial charge >= 0.3 is 0 Å². The van der Waals surface area contributed by atoms with Crippen LogP contribution in [-0.4, -0.2) is 48.4 Å². The Labute approximate surface area is 192 Å². The van der Waals surface area contributed by atoms with E-state index in [0.717, 1.165) is 11.1 Å². The molecule has 3 aromatic rings. The second-order valence-corrected chi connectivity index (χ2v) is 9.01. The molecule has 32 heavy (non-hydrogen) atoms. The zero-order valence-electron chi connectivity index (χ0n) is 18.3. The molecule has 7 heteroatoms. The van der Waals surface area contributed by atoms with E-state index in [1.165, 1.54) is 11.1 Å². The highest BCUT2D eigenvalue weighted by Crippen LogP contribution is 2.36. The molecule has 1 saturated heterocycles. The number of ether oxygens (including phenoxy) is 1. The minimum absolute atomic E-state index is 0.00434. The first-order valence-electron chi connectivity index (χ1n) is 10.7. The maximum Gasteiger partial charge on any atom is 0.255 e. The van der Waals surface area contributed by atoms with Crippen molar-refractivity contribution in [1.82, 2.24) is 15.2 Å². The van der Waals surface area contributed by atoms with Crippen LogP contribution in [0.1, 0.15) is 29.3 Å². The number of aromatic nitrogens is 1. The zero-order chi connectivity index (χ0) is 22.6. The molecule has 1 N–H and O–H groups in total. The number of carbonyl (C=O) groups excluding carboxylic acids is 2. The van der Waals surface area contributed by atoms with Crippen molar-refractivity contribution in [3.05, 3.63) is 71.2 Å². The van der Waals surface area contributed by atoms with E-state index in [1.54, 1.807) is 35.5 Å². The minimum atomic E-state index is -0.653. The first-order chi connectivity index (χ1) is 15.5. The van der Waals surface area contributed by atoms with Gasteiger partial charge in [-0.2, -0.15) is 0 Å². The molecule has 1 atom stereocenters. The zero-order valence-corrected chi connectivity index (χ0v) is 19.2. The van der Waals surface area contributed by atoms with Crippen molar-refractivity contribution in [3.63, 3.8) is 0 Å². The van der Waals surface area contributed by atoms with Crippen LogP contribution in [0.15, 0.2) is 60.1 Å². The van der Waals surface area contributed by atoms with Gasteiger partial charge in [-0.05, 0) is 48.4 Å². The third kappa shape index (κ3) is 4.53. The molecule has 0 aliphatic carbocycles. The summed E-state index contributed by atoms with van der Waals surface area (Å²) in [6.45, 7) is 3.40. The number of likely N-dealkylation sites (tertiary alicyclic amines) is 1. The van der Waals surface area contributed by atoms with Gasteiger partial charge in [-0.3, -0.25) is 9.59 Å². The Morgan fingerprint density at radius 1 is 1.22 bits per heavy atom. The Balaban J connectivity index is 1.57. The Hall–Kier alpha value is -3.19. The number of rotatable bonds is 7. The summed E-state index contributed by atoms with van der Waals surface area (Å²) in [6, 6.07) is 15.9. The molecule has 2 amide bonds. The Morgan fingerprint density at radius 3 is 2.78 bits per heavy atom. The summed E-state index contributed by atoms with van der Waals surface area (Å²) >= 11 is 1.70. The summed E-state index contributed by atoms with van der Waals surface area (Å²) in [7, 11) is 1.54. The first kappa shape index (κ1) is 22.0. The van der Waals surface area contributed by atoms with Gasteiger partial charge in [0.1, 0.15) is 0 Å². The molecular formula is C25H27N3O3S. The number of amides is 2. The molecule has 0 radical (unpaired) electrons. The van der Waals surface area contributed by atoms with Crippen molar-refractivity contribution in [2.45, 2.75) is 19.8 Å². The maximum absolute atomic E-state index is 13.2. The quantitative estimate of drug-likeness (QED) is 0.591. The van der Waals surface area contributed by atoms with Crippen LogP contribution in [0.4, 0.5) is 0 Å². The molecule has 3 heterocycles. The number of benzene rings is 1. The number of nitrogens with one attached hydrogen (secondary N) is 1. The van der Waals surface area contributed by atoms with Crippen LogP contribution in [-0.2, 0) is 11.2 Å². The van der Waals surface area contributed by atoms with Crippen LogP contribution in [0.5, 0.6) is 5.88 Å². The highest BCUT2D eigenvalue weighted by atomic mass is 32.1. The predicted molar refractivity (Wildman–Crippen MR) is 126 cm³/mol. The van der Waals surface area contributed by atoms with Crippen molar-refractivity contribution >= 4 is 23.2 Å². The maximum atomic E-state index is 13.2. The molecule has 0 unspecified atom stereocenters. The van der Waals surface area contributed by atoms with Crippen LogP contribution in [0.2, 0.25) is 0 Å². The average Bonchev–Trinajstić information content (AvgIpc) is 3.50. The van der Waals surface area contributed by atoms with Crippen LogP contribution >= 0.6 is 11.3 Å². The van der Waals surface area contributed by atoms with Crippen LogP contribution < -0.4 is 10.1 Å². The van der Waals surface area contributed by atoms with Crippen molar-refractivity contribution in [2.75, 3.05) is 26.7 Å². The lowest BCUT2D eigenvalue weighted by Crippen LogP contribution is -2.45. The van der Waals surface area contributed by atoms with Gasteiger partial charge in [0.05, 0.1) is 18.1 Å². The summed E-state index contributed by atoms with van der Waals surface area (Å²) in [6.07, 6.45) is 2.73. The summed E-state index contributed by atoms with van der Waals surface area (Å²) < 4.78 is 5.08. The van der Waals surface area contributed by atoms with Gasteiger partial charge in [0, 0.05) is 36.8 Å². The standard InChI is InChI=1S/C25H27N3O3S/c1-3-26-24(30)25(15-18-6-4-7-19(14-18)21-8-5-13-32-21)11-12-28(17-25)23(29)20-9-10-22(31-2)27-16-20/h4-10,13-14,16H,3,11-12,15,17H2,1-2H3,(H,26,30)/t25-/m0/s1. The number of pyridine rings is 1. The minimum Gasteiger partial charge on any atom is -0.481 e. The van der Waals surface area contributed by atoms with Crippen molar-refractivity contribution in [1.29, 1.82) is 0 Å². The fourth-order valence-corrected chi connectivity index (χ4v) is 5.01. The van der Waals surface area contributed by atoms with Crippen LogP contribution in [0.25, 0.3) is 10.4 Å². The topological polar surface area (TPSA) is 71.5 Å². The molecule has 0 saturated carbocycles.